The van der Waals surface area contributed by atoms with E-state index in [4.69, 9.17) is 19.4 Å². The van der Waals surface area contributed by atoms with Crippen LogP contribution in [0.4, 0.5) is 0 Å². The predicted octanol–water partition coefficient (Wildman–Crippen LogP) is 12.4. The summed E-state index contributed by atoms with van der Waals surface area (Å²) in [6.07, 6.45) is 0. The van der Waals surface area contributed by atoms with Crippen molar-refractivity contribution in [3.05, 3.63) is 176 Å². The maximum absolute atomic E-state index is 6.39. The Hall–Kier alpha value is -6.91. The molecule has 0 saturated carbocycles. The molecule has 3 heterocycles. The summed E-state index contributed by atoms with van der Waals surface area (Å²) in [7, 11) is 0. The van der Waals surface area contributed by atoms with Crippen molar-refractivity contribution in [2.75, 3.05) is 0 Å². The lowest BCUT2D eigenvalue weighted by molar-refractivity contribution is 0.669. The second kappa shape index (κ2) is 11.9. The second-order valence-electron chi connectivity index (χ2n) is 12.8. The first-order chi connectivity index (χ1) is 25.3. The van der Waals surface area contributed by atoms with Crippen molar-refractivity contribution in [2.24, 2.45) is 0 Å². The van der Waals surface area contributed by atoms with Crippen LogP contribution >= 0.6 is 0 Å². The molecule has 0 amide bonds. The fraction of sp³-hybridized carbons (Fsp3) is 0. The molecule has 0 fully saturated rings. The summed E-state index contributed by atoms with van der Waals surface area (Å²) in [6.45, 7) is 0. The van der Waals surface area contributed by atoms with E-state index >= 15 is 0 Å². The van der Waals surface area contributed by atoms with Crippen LogP contribution in [0.25, 0.3) is 99.9 Å². The average Bonchev–Trinajstić information content (AvgIpc) is 3.60. The highest BCUT2D eigenvalue weighted by molar-refractivity contribution is 6.29. The maximum Gasteiger partial charge on any atom is 0.160 e. The third kappa shape index (κ3) is 4.96. The number of aromatic nitrogens is 3. The second-order valence-corrected chi connectivity index (χ2v) is 12.8. The van der Waals surface area contributed by atoms with Crippen LogP contribution < -0.4 is 0 Å². The Morgan fingerprint density at radius 3 is 1.73 bits per heavy atom. The van der Waals surface area contributed by atoms with Gasteiger partial charge in [-0.25, -0.2) is 15.0 Å². The Morgan fingerprint density at radius 2 is 0.961 bits per heavy atom. The molecule has 0 aliphatic rings. The Kier molecular flexibility index (Phi) is 6.78. The Labute approximate surface area is 294 Å². The van der Waals surface area contributed by atoms with Crippen LogP contribution in [0.5, 0.6) is 0 Å². The normalized spacial score (nSPS) is 11.5. The highest BCUT2D eigenvalue weighted by Crippen LogP contribution is 2.43. The van der Waals surface area contributed by atoms with E-state index in [0.29, 0.717) is 5.82 Å². The molecule has 0 atom stereocenters. The number of benzene rings is 7. The topological polar surface area (TPSA) is 51.8 Å². The van der Waals surface area contributed by atoms with Crippen LogP contribution in [0.1, 0.15) is 0 Å². The van der Waals surface area contributed by atoms with Crippen molar-refractivity contribution >= 4 is 43.6 Å². The highest BCUT2D eigenvalue weighted by atomic mass is 16.3. The zero-order valence-corrected chi connectivity index (χ0v) is 27.5. The molecule has 0 bridgehead atoms. The van der Waals surface area contributed by atoms with Gasteiger partial charge in [-0.3, -0.25) is 0 Å². The molecular weight excluding hydrogens is 623 g/mol. The molecule has 0 unspecified atom stereocenters. The van der Waals surface area contributed by atoms with Gasteiger partial charge in [0.05, 0.1) is 22.6 Å². The molecular formula is C47H29N3O. The molecule has 0 spiro atoms. The van der Waals surface area contributed by atoms with Crippen molar-refractivity contribution in [2.45, 2.75) is 0 Å². The van der Waals surface area contributed by atoms with Gasteiger partial charge in [-0.1, -0.05) is 152 Å². The van der Waals surface area contributed by atoms with Gasteiger partial charge < -0.3 is 4.42 Å². The van der Waals surface area contributed by atoms with E-state index in [1.165, 1.54) is 5.56 Å². The average molecular weight is 652 g/mol. The zero-order valence-electron chi connectivity index (χ0n) is 27.5. The van der Waals surface area contributed by atoms with Crippen LogP contribution in [0, 0.1) is 0 Å². The zero-order chi connectivity index (χ0) is 33.7. The number of nitrogens with zero attached hydrogens (tertiary/aromatic N) is 3. The van der Waals surface area contributed by atoms with E-state index < -0.39 is 0 Å². The minimum atomic E-state index is 0.666. The molecule has 0 aliphatic carbocycles. The van der Waals surface area contributed by atoms with Crippen LogP contribution in [0.2, 0.25) is 0 Å². The first-order valence-electron chi connectivity index (χ1n) is 17.1. The molecule has 4 heteroatoms. The molecule has 238 valence electrons. The van der Waals surface area contributed by atoms with Gasteiger partial charge in [0.15, 0.2) is 5.82 Å². The lowest BCUT2D eigenvalue weighted by Gasteiger charge is -2.15. The Morgan fingerprint density at radius 1 is 0.353 bits per heavy atom. The summed E-state index contributed by atoms with van der Waals surface area (Å²) in [4.78, 5) is 15.8. The maximum atomic E-state index is 6.39. The van der Waals surface area contributed by atoms with Gasteiger partial charge in [0.1, 0.15) is 11.2 Å². The van der Waals surface area contributed by atoms with Gasteiger partial charge in [-0.15, -0.1) is 0 Å². The van der Waals surface area contributed by atoms with E-state index in [0.717, 1.165) is 88.5 Å². The minimum absolute atomic E-state index is 0.666. The number of para-hydroxylation sites is 2. The standard InChI is InChI=1S/C47H29N3O/c1-4-13-30(14-5-1)31-23-25-32(26-24-31)39-29-40(49-47(48-39)34-17-8-3-9-18-34)35-20-12-21-37-43-38(45(50-46(35)37)33-15-6-2-7-16-33)27-28-42-44(43)36-19-10-11-22-41(36)51-42/h1-29H. The third-order valence-corrected chi connectivity index (χ3v) is 9.70. The van der Waals surface area contributed by atoms with Crippen LogP contribution in [-0.2, 0) is 0 Å². The first kappa shape index (κ1) is 29.0. The van der Waals surface area contributed by atoms with E-state index in [2.05, 4.69) is 133 Å². The quantitative estimate of drug-likeness (QED) is 0.174. The largest absolute Gasteiger partial charge is 0.456 e. The van der Waals surface area contributed by atoms with Gasteiger partial charge in [0, 0.05) is 49.2 Å². The summed E-state index contributed by atoms with van der Waals surface area (Å²) < 4.78 is 6.39. The number of rotatable bonds is 5. The number of hydrogen-bond acceptors (Lipinski definition) is 4. The van der Waals surface area contributed by atoms with Crippen molar-refractivity contribution in [3.63, 3.8) is 0 Å². The van der Waals surface area contributed by atoms with Crippen molar-refractivity contribution in [1.29, 1.82) is 0 Å². The number of fused-ring (bicyclic) bond motifs is 7. The molecule has 10 rings (SSSR count). The highest BCUT2D eigenvalue weighted by Gasteiger charge is 2.20. The van der Waals surface area contributed by atoms with Gasteiger partial charge in [-0.2, -0.15) is 0 Å². The fourth-order valence-electron chi connectivity index (χ4n) is 7.27. The minimum Gasteiger partial charge on any atom is -0.456 e. The van der Waals surface area contributed by atoms with Crippen LogP contribution in [0.15, 0.2) is 180 Å². The van der Waals surface area contributed by atoms with Crippen molar-refractivity contribution in [3.8, 4) is 56.3 Å². The van der Waals surface area contributed by atoms with Gasteiger partial charge in [0.2, 0.25) is 0 Å². The van der Waals surface area contributed by atoms with E-state index in [1.54, 1.807) is 0 Å². The Balaban J connectivity index is 1.26. The Bertz CT molecular complexity index is 2880. The van der Waals surface area contributed by atoms with E-state index in [9.17, 15) is 0 Å². The molecule has 7 aromatic carbocycles. The number of hydrogen-bond donors (Lipinski definition) is 0. The smallest absolute Gasteiger partial charge is 0.160 e. The molecule has 0 saturated heterocycles. The van der Waals surface area contributed by atoms with Crippen LogP contribution in [0.3, 0.4) is 0 Å². The van der Waals surface area contributed by atoms with Crippen LogP contribution in [-0.4, -0.2) is 15.0 Å². The SMILES string of the molecule is c1ccc(-c2ccc(-c3cc(-c4cccc5c4nc(-c4ccccc4)c4ccc6oc7ccccc7c6c45)nc(-c4ccccc4)n3)cc2)cc1. The van der Waals surface area contributed by atoms with E-state index in [1.807, 2.05) is 42.5 Å². The lowest BCUT2D eigenvalue weighted by atomic mass is 9.94. The summed E-state index contributed by atoms with van der Waals surface area (Å²) in [6, 6.07) is 60.7. The summed E-state index contributed by atoms with van der Waals surface area (Å²) in [5.41, 5.74) is 11.5. The lowest BCUT2D eigenvalue weighted by Crippen LogP contribution is -1.98. The fourth-order valence-corrected chi connectivity index (χ4v) is 7.27. The molecule has 51 heavy (non-hydrogen) atoms. The van der Waals surface area contributed by atoms with Crippen molar-refractivity contribution in [1.82, 2.24) is 15.0 Å². The molecule has 0 N–H and O–H groups in total. The van der Waals surface area contributed by atoms with Crippen molar-refractivity contribution < 1.29 is 4.42 Å². The predicted molar refractivity (Wildman–Crippen MR) is 209 cm³/mol. The first-order valence-corrected chi connectivity index (χ1v) is 17.1. The molecule has 0 radical (unpaired) electrons. The molecule has 10 aromatic rings. The molecule has 3 aromatic heterocycles. The van der Waals surface area contributed by atoms with Gasteiger partial charge >= 0.3 is 0 Å². The van der Waals surface area contributed by atoms with Gasteiger partial charge in [0.25, 0.3) is 0 Å². The monoisotopic (exact) mass is 651 g/mol. The number of pyridine rings is 1. The van der Waals surface area contributed by atoms with E-state index in [-0.39, 0.29) is 0 Å². The molecule has 4 nitrogen and oxygen atoms in total. The number of furan rings is 1. The molecule has 0 aliphatic heterocycles. The van der Waals surface area contributed by atoms with Gasteiger partial charge in [-0.05, 0) is 35.4 Å². The summed E-state index contributed by atoms with van der Waals surface area (Å²) >= 11 is 0. The summed E-state index contributed by atoms with van der Waals surface area (Å²) in [5.74, 6) is 0.666. The third-order valence-electron chi connectivity index (χ3n) is 9.70. The summed E-state index contributed by atoms with van der Waals surface area (Å²) in [5, 5.41) is 5.43.